The highest BCUT2D eigenvalue weighted by molar-refractivity contribution is 9.10. The number of hydrogen-bond acceptors (Lipinski definition) is 4. The first kappa shape index (κ1) is 21.6. The third kappa shape index (κ3) is 4.68. The number of phenolic OH excluding ortho intramolecular Hbond substituents is 1. The van der Waals surface area contributed by atoms with Gasteiger partial charge in [-0.05, 0) is 55.7 Å². The van der Waals surface area contributed by atoms with Crippen LogP contribution in [0.4, 0.5) is 0 Å². The largest absolute Gasteiger partial charge is 0.504 e. The first-order chi connectivity index (χ1) is 15.0. The topological polar surface area (TPSA) is 53.8 Å². The molecule has 0 fully saturated rings. The summed E-state index contributed by atoms with van der Waals surface area (Å²) in [6.07, 6.45) is 0.463. The van der Waals surface area contributed by atoms with Gasteiger partial charge in [-0.1, -0.05) is 64.0 Å². The molecule has 0 spiro atoms. The zero-order valence-electron chi connectivity index (χ0n) is 18.0. The van der Waals surface area contributed by atoms with E-state index in [1.165, 1.54) is 11.1 Å². The Bertz CT molecular complexity index is 1130. The van der Waals surface area contributed by atoms with Crippen LogP contribution in [0.25, 0.3) is 0 Å². The van der Waals surface area contributed by atoms with Crippen LogP contribution in [0.3, 0.4) is 0 Å². The molecule has 1 aliphatic heterocycles. The lowest BCUT2D eigenvalue weighted by Gasteiger charge is -2.32. The number of rotatable bonds is 5. The van der Waals surface area contributed by atoms with Gasteiger partial charge in [-0.25, -0.2) is 0 Å². The van der Waals surface area contributed by atoms with E-state index in [0.29, 0.717) is 18.8 Å². The van der Waals surface area contributed by atoms with Gasteiger partial charge >= 0.3 is 0 Å². The molecule has 3 aromatic rings. The van der Waals surface area contributed by atoms with Crippen LogP contribution < -0.4 is 10.1 Å². The van der Waals surface area contributed by atoms with E-state index >= 15 is 0 Å². The van der Waals surface area contributed by atoms with Crippen LogP contribution in [0.1, 0.15) is 53.4 Å². The Morgan fingerprint density at radius 2 is 1.87 bits per heavy atom. The molecule has 0 radical (unpaired) electrons. The number of hydrogen-bond donors (Lipinski definition) is 2. The Hall–Kier alpha value is -2.63. The molecule has 0 aliphatic carbocycles. The van der Waals surface area contributed by atoms with Gasteiger partial charge in [0.05, 0.1) is 6.61 Å². The predicted octanol–water partition coefficient (Wildman–Crippen LogP) is 6.39. The van der Waals surface area contributed by atoms with E-state index < -0.39 is 0 Å². The Balaban J connectivity index is 1.79. The molecule has 1 aliphatic rings. The molecule has 2 atom stereocenters. The van der Waals surface area contributed by atoms with Crippen LogP contribution in [0, 0.1) is 13.8 Å². The molecule has 0 saturated heterocycles. The van der Waals surface area contributed by atoms with Gasteiger partial charge in [0, 0.05) is 28.2 Å². The van der Waals surface area contributed by atoms with E-state index in [1.807, 2.05) is 31.2 Å². The summed E-state index contributed by atoms with van der Waals surface area (Å²) < 4.78 is 6.65. The summed E-state index contributed by atoms with van der Waals surface area (Å²) in [5, 5.41) is 14.6. The van der Waals surface area contributed by atoms with Gasteiger partial charge < -0.3 is 9.84 Å². The molecular formula is C26H27BrN2O2. The Labute approximate surface area is 192 Å². The standard InChI is InChI=1S/C26H27BrN2O2/c1-4-31-24-10-6-9-21(25(24)30)23-15-22(18-7-5-8-19(27)14-18)28-26(29-23)20-12-11-16(2)13-17(20)3/h5-14,23,26,29-30H,4,15H2,1-3H3/t23-,26+/m0/s1. The number of ether oxygens (including phenoxy) is 1. The maximum atomic E-state index is 10.9. The molecule has 160 valence electrons. The molecular weight excluding hydrogens is 452 g/mol. The molecule has 3 aromatic carbocycles. The maximum absolute atomic E-state index is 10.9. The van der Waals surface area contributed by atoms with Crippen LogP contribution in [0.2, 0.25) is 0 Å². The lowest BCUT2D eigenvalue weighted by atomic mass is 9.92. The molecule has 0 aromatic heterocycles. The quantitative estimate of drug-likeness (QED) is 0.446. The summed E-state index contributed by atoms with van der Waals surface area (Å²) in [6.45, 7) is 6.64. The van der Waals surface area contributed by atoms with Crippen molar-refractivity contribution in [3.8, 4) is 11.5 Å². The Kier molecular flexibility index (Phi) is 6.44. The number of nitrogens with one attached hydrogen (secondary N) is 1. The zero-order chi connectivity index (χ0) is 22.0. The van der Waals surface area contributed by atoms with Crippen LogP contribution in [0.5, 0.6) is 11.5 Å². The van der Waals surface area contributed by atoms with Gasteiger partial charge in [0.25, 0.3) is 0 Å². The second-order valence-corrected chi connectivity index (χ2v) is 8.81. The van der Waals surface area contributed by atoms with Crippen molar-refractivity contribution in [3.05, 3.63) is 93.0 Å². The van der Waals surface area contributed by atoms with Crippen molar-refractivity contribution in [2.45, 2.75) is 39.4 Å². The predicted molar refractivity (Wildman–Crippen MR) is 129 cm³/mol. The fourth-order valence-corrected chi connectivity index (χ4v) is 4.53. The normalized spacial score (nSPS) is 18.5. The van der Waals surface area contributed by atoms with E-state index in [2.05, 4.69) is 65.4 Å². The van der Waals surface area contributed by atoms with Crippen molar-refractivity contribution in [2.24, 2.45) is 4.99 Å². The van der Waals surface area contributed by atoms with E-state index in [9.17, 15) is 5.11 Å². The first-order valence-corrected chi connectivity index (χ1v) is 11.4. The Morgan fingerprint density at radius 3 is 2.61 bits per heavy atom. The fraction of sp³-hybridized carbons (Fsp3) is 0.269. The molecule has 0 bridgehead atoms. The van der Waals surface area contributed by atoms with Crippen molar-refractivity contribution < 1.29 is 9.84 Å². The van der Waals surface area contributed by atoms with Crippen LogP contribution in [0.15, 0.2) is 70.1 Å². The number of aliphatic imine (C=N–C) groups is 1. The van der Waals surface area contributed by atoms with Gasteiger partial charge in [0.15, 0.2) is 11.5 Å². The highest BCUT2D eigenvalue weighted by atomic mass is 79.9. The first-order valence-electron chi connectivity index (χ1n) is 10.6. The number of aryl methyl sites for hydroxylation is 2. The highest BCUT2D eigenvalue weighted by Gasteiger charge is 2.29. The van der Waals surface area contributed by atoms with Crippen molar-refractivity contribution in [1.29, 1.82) is 0 Å². The number of phenols is 1. The van der Waals surface area contributed by atoms with Crippen molar-refractivity contribution in [1.82, 2.24) is 5.32 Å². The molecule has 0 saturated carbocycles. The average molecular weight is 479 g/mol. The van der Waals surface area contributed by atoms with Gasteiger partial charge in [-0.15, -0.1) is 0 Å². The molecule has 2 N–H and O–H groups in total. The monoisotopic (exact) mass is 478 g/mol. The second kappa shape index (κ2) is 9.25. The summed E-state index contributed by atoms with van der Waals surface area (Å²) in [5.41, 5.74) is 6.48. The minimum atomic E-state index is -0.205. The molecule has 1 heterocycles. The number of halogens is 1. The minimum Gasteiger partial charge on any atom is -0.504 e. The van der Waals surface area contributed by atoms with Gasteiger partial charge in [0.1, 0.15) is 6.17 Å². The van der Waals surface area contributed by atoms with Crippen LogP contribution >= 0.6 is 15.9 Å². The summed E-state index contributed by atoms with van der Waals surface area (Å²) >= 11 is 3.58. The average Bonchev–Trinajstić information content (AvgIpc) is 2.75. The molecule has 31 heavy (non-hydrogen) atoms. The number of nitrogens with zero attached hydrogens (tertiary/aromatic N) is 1. The minimum absolute atomic E-state index is 0.0995. The smallest absolute Gasteiger partial charge is 0.162 e. The van der Waals surface area contributed by atoms with E-state index in [1.54, 1.807) is 6.07 Å². The zero-order valence-corrected chi connectivity index (χ0v) is 19.6. The molecule has 5 heteroatoms. The van der Waals surface area contributed by atoms with Crippen LogP contribution in [-0.4, -0.2) is 17.4 Å². The van der Waals surface area contributed by atoms with E-state index in [4.69, 9.17) is 9.73 Å². The third-order valence-corrected chi connectivity index (χ3v) is 6.12. The van der Waals surface area contributed by atoms with Crippen molar-refractivity contribution in [2.75, 3.05) is 6.61 Å². The number of aromatic hydroxyl groups is 1. The second-order valence-electron chi connectivity index (χ2n) is 7.90. The number of benzene rings is 3. The lowest BCUT2D eigenvalue weighted by molar-refractivity contribution is 0.313. The summed E-state index contributed by atoms with van der Waals surface area (Å²) in [4.78, 5) is 5.09. The summed E-state index contributed by atoms with van der Waals surface area (Å²) in [7, 11) is 0. The molecule has 0 amide bonds. The number of para-hydroxylation sites is 1. The van der Waals surface area contributed by atoms with Crippen molar-refractivity contribution >= 4 is 21.6 Å². The summed E-state index contributed by atoms with van der Waals surface area (Å²) in [5.74, 6) is 0.702. The van der Waals surface area contributed by atoms with E-state index in [0.717, 1.165) is 26.9 Å². The fourth-order valence-electron chi connectivity index (χ4n) is 4.13. The lowest BCUT2D eigenvalue weighted by Crippen LogP contribution is -2.33. The molecule has 0 unspecified atom stereocenters. The highest BCUT2D eigenvalue weighted by Crippen LogP contribution is 2.39. The molecule has 4 nitrogen and oxygen atoms in total. The summed E-state index contributed by atoms with van der Waals surface area (Å²) in [6, 6.07) is 20.3. The van der Waals surface area contributed by atoms with Crippen LogP contribution in [-0.2, 0) is 0 Å². The third-order valence-electron chi connectivity index (χ3n) is 5.62. The van der Waals surface area contributed by atoms with Crippen molar-refractivity contribution in [3.63, 3.8) is 0 Å². The maximum Gasteiger partial charge on any atom is 0.162 e. The SMILES string of the molecule is CCOc1cccc([C@@H]2CC(c3cccc(Br)c3)=N[C@@H](c3ccc(C)cc3C)N2)c1O. The van der Waals surface area contributed by atoms with E-state index in [-0.39, 0.29) is 18.0 Å². The van der Waals surface area contributed by atoms with Gasteiger partial charge in [-0.3, -0.25) is 10.3 Å². The van der Waals surface area contributed by atoms with Gasteiger partial charge in [-0.2, -0.15) is 0 Å². The Morgan fingerprint density at radius 1 is 1.06 bits per heavy atom. The molecule has 4 rings (SSSR count). The van der Waals surface area contributed by atoms with Gasteiger partial charge in [0.2, 0.25) is 0 Å².